The number of aryl methyl sites for hydroxylation is 1. The Morgan fingerprint density at radius 2 is 1.82 bits per heavy atom. The number of hydrogen-bond acceptors (Lipinski definition) is 9. The minimum Gasteiger partial charge on any atom is -0.490 e. The van der Waals surface area contributed by atoms with Crippen LogP contribution in [0.15, 0.2) is 73.8 Å². The molecule has 1 fully saturated rings. The number of anilines is 1. The highest BCUT2D eigenvalue weighted by Crippen LogP contribution is 2.39. The highest BCUT2D eigenvalue weighted by molar-refractivity contribution is 5.81. The van der Waals surface area contributed by atoms with Crippen LogP contribution in [-0.2, 0) is 19.0 Å². The van der Waals surface area contributed by atoms with Crippen molar-refractivity contribution in [3.63, 3.8) is 0 Å². The number of nitriles is 1. The van der Waals surface area contributed by atoms with Crippen LogP contribution in [-0.4, -0.2) is 64.7 Å². The van der Waals surface area contributed by atoms with Gasteiger partial charge >= 0.3 is 5.97 Å². The molecule has 1 aliphatic heterocycles. The van der Waals surface area contributed by atoms with Crippen molar-refractivity contribution in [1.29, 1.82) is 5.26 Å². The molecule has 2 atom stereocenters. The third kappa shape index (κ3) is 8.50. The zero-order chi connectivity index (χ0) is 36.9. The van der Waals surface area contributed by atoms with Crippen molar-refractivity contribution >= 4 is 17.4 Å². The highest BCUT2D eigenvalue weighted by Gasteiger charge is 2.38. The number of fused-ring (bicyclic) bond motifs is 1. The Labute approximate surface area is 301 Å². The van der Waals surface area contributed by atoms with Crippen LogP contribution in [0.2, 0.25) is 0 Å². The van der Waals surface area contributed by atoms with E-state index in [0.717, 1.165) is 35.3 Å². The lowest BCUT2D eigenvalue weighted by Gasteiger charge is -2.41. The second kappa shape index (κ2) is 15.5. The van der Waals surface area contributed by atoms with Crippen molar-refractivity contribution in [2.75, 3.05) is 31.7 Å². The number of rotatable bonds is 13. The van der Waals surface area contributed by atoms with Gasteiger partial charge in [-0.2, -0.15) is 14.9 Å². The number of nitrogens with zero attached hydrogens (tertiary/aromatic N) is 5. The number of ether oxygens (including phenoxy) is 4. The van der Waals surface area contributed by atoms with E-state index in [4.69, 9.17) is 29.0 Å². The summed E-state index contributed by atoms with van der Waals surface area (Å²) in [5.74, 6) is 0.862. The lowest BCUT2D eigenvalue weighted by Crippen LogP contribution is -2.45. The van der Waals surface area contributed by atoms with Gasteiger partial charge in [-0.25, -0.2) is 9.78 Å². The number of hydrogen-bond donors (Lipinski definition) is 0. The number of piperidine rings is 1. The summed E-state index contributed by atoms with van der Waals surface area (Å²) < 4.78 is 26.0. The Balaban J connectivity index is 1.64. The fourth-order valence-electron chi connectivity index (χ4n) is 6.42. The maximum atomic E-state index is 13.4. The number of aromatic nitrogens is 3. The molecule has 0 N–H and O–H groups in total. The van der Waals surface area contributed by atoms with E-state index in [0.29, 0.717) is 60.0 Å². The standard InChI is InChI=1S/C41H49N5O5/c1-10-13-27(3)50-34-23-29(26-42)16-17-32(34)30-14-12-15-31(24-30)33-25-35-43-28(4)36(37(39(47)48-9)51-40(5,6)7)38(46(35)44-33)45-20-18-41(8,19-21-45)49-22-11-2/h10-12,14-17,23-25,27,37H,1-2,13,18-22H2,3-9H3/t27-,37-/m0/s1. The molecule has 5 rings (SSSR count). The van der Waals surface area contributed by atoms with Gasteiger partial charge < -0.3 is 23.8 Å². The molecule has 0 spiro atoms. The molecule has 4 aromatic rings. The largest absolute Gasteiger partial charge is 0.490 e. The monoisotopic (exact) mass is 691 g/mol. The summed E-state index contributed by atoms with van der Waals surface area (Å²) >= 11 is 0. The molecule has 1 saturated heterocycles. The van der Waals surface area contributed by atoms with Crippen molar-refractivity contribution in [3.8, 4) is 34.2 Å². The van der Waals surface area contributed by atoms with Crippen LogP contribution in [0, 0.1) is 18.3 Å². The fraction of sp³-hybridized carbons (Fsp3) is 0.415. The summed E-state index contributed by atoms with van der Waals surface area (Å²) in [5, 5.41) is 14.7. The minimum atomic E-state index is -1.03. The third-order valence-electron chi connectivity index (χ3n) is 9.03. The van der Waals surface area contributed by atoms with Crippen LogP contribution in [0.1, 0.15) is 76.8 Å². The van der Waals surface area contributed by atoms with Crippen molar-refractivity contribution < 1.29 is 23.7 Å². The first kappa shape index (κ1) is 37.3. The van der Waals surface area contributed by atoms with Gasteiger partial charge in [0.25, 0.3) is 0 Å². The molecule has 10 heteroatoms. The van der Waals surface area contributed by atoms with Gasteiger partial charge in [-0.1, -0.05) is 30.4 Å². The molecule has 10 nitrogen and oxygen atoms in total. The molecular formula is C41H49N5O5. The maximum Gasteiger partial charge on any atom is 0.339 e. The van der Waals surface area contributed by atoms with Crippen LogP contribution in [0.5, 0.6) is 5.75 Å². The van der Waals surface area contributed by atoms with Crippen molar-refractivity contribution in [2.24, 2.45) is 0 Å². The molecule has 1 aliphatic rings. The van der Waals surface area contributed by atoms with Gasteiger partial charge in [-0.3, -0.25) is 0 Å². The summed E-state index contributed by atoms with van der Waals surface area (Å²) in [6, 6.07) is 17.7. The number of carbonyl (C=O) groups excluding carboxylic acids is 1. The van der Waals surface area contributed by atoms with E-state index in [9.17, 15) is 10.1 Å². The second-order valence-corrected chi connectivity index (χ2v) is 14.3. The third-order valence-corrected chi connectivity index (χ3v) is 9.03. The van der Waals surface area contributed by atoms with E-state index in [1.807, 2.05) is 75.5 Å². The summed E-state index contributed by atoms with van der Waals surface area (Å²) in [7, 11) is 1.37. The Morgan fingerprint density at radius 3 is 2.47 bits per heavy atom. The van der Waals surface area contributed by atoms with E-state index in [-0.39, 0.29) is 11.7 Å². The Hall–Kier alpha value is -4.98. The lowest BCUT2D eigenvalue weighted by atomic mass is 9.92. The zero-order valence-electron chi connectivity index (χ0n) is 30.9. The molecule has 0 bridgehead atoms. The molecule has 0 unspecified atom stereocenters. The first-order valence-electron chi connectivity index (χ1n) is 17.4. The van der Waals surface area contributed by atoms with Gasteiger partial charge in [0.1, 0.15) is 11.6 Å². The normalized spacial score (nSPS) is 15.5. The van der Waals surface area contributed by atoms with Crippen LogP contribution in [0.25, 0.3) is 28.0 Å². The van der Waals surface area contributed by atoms with Gasteiger partial charge in [0, 0.05) is 42.4 Å². The Bertz CT molecular complexity index is 1940. The first-order chi connectivity index (χ1) is 24.3. The molecule has 2 aromatic carbocycles. The van der Waals surface area contributed by atoms with Crippen molar-refractivity contribution in [3.05, 3.63) is 90.7 Å². The van der Waals surface area contributed by atoms with E-state index in [2.05, 4.69) is 37.1 Å². The fourth-order valence-corrected chi connectivity index (χ4v) is 6.42. The summed E-state index contributed by atoms with van der Waals surface area (Å²) in [4.78, 5) is 20.6. The predicted molar refractivity (Wildman–Crippen MR) is 200 cm³/mol. The van der Waals surface area contributed by atoms with Crippen molar-refractivity contribution in [1.82, 2.24) is 14.6 Å². The van der Waals surface area contributed by atoms with Crippen molar-refractivity contribution in [2.45, 2.75) is 84.2 Å². The van der Waals surface area contributed by atoms with E-state index < -0.39 is 17.7 Å². The molecule has 2 aromatic heterocycles. The van der Waals surface area contributed by atoms with Gasteiger partial charge in [-0.15, -0.1) is 13.2 Å². The molecule has 268 valence electrons. The second-order valence-electron chi connectivity index (χ2n) is 14.3. The number of esters is 1. The van der Waals surface area contributed by atoms with E-state index in [1.165, 1.54) is 7.11 Å². The quantitative estimate of drug-likeness (QED) is 0.101. The molecule has 51 heavy (non-hydrogen) atoms. The minimum absolute atomic E-state index is 0.115. The number of benzene rings is 2. The Morgan fingerprint density at radius 1 is 1.10 bits per heavy atom. The van der Waals surface area contributed by atoms with Crippen LogP contribution in [0.3, 0.4) is 0 Å². The Kier molecular flexibility index (Phi) is 11.3. The molecule has 0 amide bonds. The van der Waals surface area contributed by atoms with Gasteiger partial charge in [0.05, 0.1) is 53.9 Å². The average Bonchev–Trinajstić information content (AvgIpc) is 3.53. The summed E-state index contributed by atoms with van der Waals surface area (Å²) in [6.45, 7) is 21.2. The van der Waals surface area contributed by atoms with E-state index in [1.54, 1.807) is 18.2 Å². The number of carbonyl (C=O) groups is 1. The summed E-state index contributed by atoms with van der Waals surface area (Å²) in [5.41, 5.74) is 4.85. The maximum absolute atomic E-state index is 13.4. The van der Waals surface area contributed by atoms with Gasteiger partial charge in [-0.05, 0) is 84.2 Å². The van der Waals surface area contributed by atoms with Crippen LogP contribution >= 0.6 is 0 Å². The smallest absolute Gasteiger partial charge is 0.339 e. The molecule has 0 saturated carbocycles. The number of methoxy groups -OCH3 is 1. The van der Waals surface area contributed by atoms with Gasteiger partial charge in [0.15, 0.2) is 11.8 Å². The first-order valence-corrected chi connectivity index (χ1v) is 17.4. The predicted octanol–water partition coefficient (Wildman–Crippen LogP) is 8.18. The average molecular weight is 692 g/mol. The highest BCUT2D eigenvalue weighted by atomic mass is 16.6. The van der Waals surface area contributed by atoms with Crippen LogP contribution < -0.4 is 9.64 Å². The SMILES string of the molecule is C=CCOC1(C)CCN(c2c([C@H](OC(C)(C)C)C(=O)OC)c(C)nc3cc(-c4cccc(-c5ccc(C#N)cc5O[C@@H](C)CC=C)c4)nn23)CC1. The van der Waals surface area contributed by atoms with Crippen LogP contribution in [0.4, 0.5) is 5.82 Å². The van der Waals surface area contributed by atoms with Gasteiger partial charge in [0.2, 0.25) is 0 Å². The lowest BCUT2D eigenvalue weighted by molar-refractivity contribution is -0.164. The molecular weight excluding hydrogens is 642 g/mol. The molecule has 0 aliphatic carbocycles. The zero-order valence-corrected chi connectivity index (χ0v) is 30.9. The molecule has 3 heterocycles. The van der Waals surface area contributed by atoms with E-state index >= 15 is 0 Å². The molecule has 0 radical (unpaired) electrons. The topological polar surface area (TPSA) is 111 Å². The summed E-state index contributed by atoms with van der Waals surface area (Å²) in [6.07, 6.45) is 4.65.